The number of carbonyl (C=O) groups is 1. The van der Waals surface area contributed by atoms with Crippen LogP contribution in [0.2, 0.25) is 0 Å². The van der Waals surface area contributed by atoms with Gasteiger partial charge in [-0.3, -0.25) is 4.79 Å². The number of carbonyl (C=O) groups excluding carboxylic acids is 1. The van der Waals surface area contributed by atoms with E-state index in [9.17, 15) is 9.59 Å². The van der Waals surface area contributed by atoms with Crippen LogP contribution in [-0.2, 0) is 16.3 Å². The molecule has 0 amide bonds. The summed E-state index contributed by atoms with van der Waals surface area (Å²) < 4.78 is 7.99. The maximum absolute atomic E-state index is 12.5. The van der Waals surface area contributed by atoms with Gasteiger partial charge < -0.3 is 4.74 Å². The van der Waals surface area contributed by atoms with Crippen molar-refractivity contribution in [1.82, 2.24) is 24.8 Å². The monoisotopic (exact) mass is 455 g/mol. The lowest BCUT2D eigenvalue weighted by atomic mass is 10.2. The Balaban J connectivity index is 1.36. The van der Waals surface area contributed by atoms with E-state index >= 15 is 0 Å². The molecule has 0 spiro atoms. The van der Waals surface area contributed by atoms with Crippen molar-refractivity contribution in [3.8, 4) is 16.3 Å². The summed E-state index contributed by atoms with van der Waals surface area (Å²) in [5.41, 5.74) is 2.55. The van der Waals surface area contributed by atoms with E-state index in [2.05, 4.69) is 10.3 Å². The highest BCUT2D eigenvalue weighted by atomic mass is 32.1. The maximum atomic E-state index is 12.5. The van der Waals surface area contributed by atoms with E-state index in [-0.39, 0.29) is 12.3 Å². The van der Waals surface area contributed by atoms with E-state index < -0.39 is 5.97 Å². The number of hydrogen-bond acceptors (Lipinski definition) is 7. The van der Waals surface area contributed by atoms with E-state index in [1.54, 1.807) is 46.4 Å². The quantitative estimate of drug-likeness (QED) is 0.285. The van der Waals surface area contributed by atoms with Crippen molar-refractivity contribution in [3.05, 3.63) is 100 Å². The van der Waals surface area contributed by atoms with Gasteiger partial charge >= 0.3 is 5.97 Å². The molecule has 0 aliphatic rings. The van der Waals surface area contributed by atoms with Crippen LogP contribution in [0.4, 0.5) is 0 Å². The minimum absolute atomic E-state index is 0.332. The first-order valence-electron chi connectivity index (χ1n) is 10.1. The molecule has 9 heteroatoms. The Kier molecular flexibility index (Phi) is 5.61. The van der Waals surface area contributed by atoms with Gasteiger partial charge in [0.05, 0.1) is 16.0 Å². The van der Waals surface area contributed by atoms with Gasteiger partial charge in [0.1, 0.15) is 11.2 Å². The van der Waals surface area contributed by atoms with E-state index in [0.717, 1.165) is 26.5 Å². The van der Waals surface area contributed by atoms with Crippen molar-refractivity contribution >= 4 is 34.3 Å². The van der Waals surface area contributed by atoms with Crippen molar-refractivity contribution in [3.63, 3.8) is 0 Å². The van der Waals surface area contributed by atoms with E-state index in [4.69, 9.17) is 9.84 Å². The minimum Gasteiger partial charge on any atom is -0.439 e. The fraction of sp³-hybridized carbons (Fsp3) is 0.0417. The second-order valence-corrected chi connectivity index (χ2v) is 7.98. The normalized spacial score (nSPS) is 11.3. The van der Waals surface area contributed by atoms with E-state index in [1.807, 2.05) is 54.0 Å². The summed E-state index contributed by atoms with van der Waals surface area (Å²) in [4.78, 5) is 25.8. The third-order valence-corrected chi connectivity index (χ3v) is 5.75. The summed E-state index contributed by atoms with van der Waals surface area (Å²) in [5, 5.41) is 14.9. The average Bonchev–Trinajstić information content (AvgIpc) is 3.53. The number of fused-ring (bicyclic) bond motifs is 1. The molecule has 3 heterocycles. The smallest absolute Gasteiger partial charge is 0.332 e. The van der Waals surface area contributed by atoms with Crippen LogP contribution in [-0.4, -0.2) is 30.7 Å². The van der Waals surface area contributed by atoms with Crippen LogP contribution in [0, 0.1) is 0 Å². The molecule has 0 radical (unpaired) electrons. The first kappa shape index (κ1) is 20.5. The molecule has 0 atom stereocenters. The maximum Gasteiger partial charge on any atom is 0.332 e. The zero-order chi connectivity index (χ0) is 22.6. The molecule has 0 fully saturated rings. The Morgan fingerprint density at radius 2 is 1.85 bits per heavy atom. The lowest BCUT2D eigenvalue weighted by Crippen LogP contribution is -2.26. The number of para-hydroxylation sites is 1. The van der Waals surface area contributed by atoms with Crippen LogP contribution in [0.25, 0.3) is 33.2 Å². The molecule has 33 heavy (non-hydrogen) atoms. The van der Waals surface area contributed by atoms with Gasteiger partial charge in [0.25, 0.3) is 5.56 Å². The highest BCUT2D eigenvalue weighted by Gasteiger charge is 2.12. The molecule has 5 rings (SSSR count). The van der Waals surface area contributed by atoms with Gasteiger partial charge in [-0.25, -0.2) is 9.48 Å². The van der Waals surface area contributed by atoms with Gasteiger partial charge in [-0.1, -0.05) is 41.6 Å². The lowest BCUT2D eigenvalue weighted by Gasteiger charge is -2.04. The van der Waals surface area contributed by atoms with Crippen LogP contribution in [0.3, 0.4) is 0 Å². The molecular weight excluding hydrogens is 438 g/mol. The number of benzene rings is 2. The number of rotatable bonds is 6. The van der Waals surface area contributed by atoms with Gasteiger partial charge in [0.2, 0.25) is 0 Å². The second kappa shape index (κ2) is 9.01. The molecule has 0 unspecified atom stereocenters. The number of aromatic nitrogens is 5. The van der Waals surface area contributed by atoms with Gasteiger partial charge in [0.15, 0.2) is 6.73 Å². The molecule has 0 saturated carbocycles. The number of nitrogens with zero attached hydrogens (tertiary/aromatic N) is 5. The molecule has 0 N–H and O–H groups in total. The summed E-state index contributed by atoms with van der Waals surface area (Å²) in [7, 11) is 0. The first-order valence-corrected chi connectivity index (χ1v) is 10.9. The molecule has 0 aliphatic heterocycles. The SMILES string of the molecule is O=C(/C=C/c1cn(-c2ccccc2)nc1-c1cccs1)OCn1nnc2ccccc2c1=O. The summed E-state index contributed by atoms with van der Waals surface area (Å²) in [6, 6.07) is 20.5. The van der Waals surface area contributed by atoms with Crippen LogP contribution in [0.1, 0.15) is 5.56 Å². The number of thiophene rings is 1. The molecule has 3 aromatic heterocycles. The number of hydrogen-bond donors (Lipinski definition) is 0. The largest absolute Gasteiger partial charge is 0.439 e. The Hall–Kier alpha value is -4.37. The fourth-order valence-corrected chi connectivity index (χ4v) is 4.00. The molecule has 162 valence electrons. The Bertz CT molecular complexity index is 1500. The lowest BCUT2D eigenvalue weighted by molar-refractivity contribution is -0.141. The van der Waals surface area contributed by atoms with E-state index in [1.165, 1.54) is 6.08 Å². The van der Waals surface area contributed by atoms with E-state index in [0.29, 0.717) is 10.9 Å². The third kappa shape index (κ3) is 4.35. The fourth-order valence-electron chi connectivity index (χ4n) is 3.27. The van der Waals surface area contributed by atoms with Crippen LogP contribution < -0.4 is 5.56 Å². The Morgan fingerprint density at radius 3 is 2.67 bits per heavy atom. The molecule has 8 nitrogen and oxygen atoms in total. The highest BCUT2D eigenvalue weighted by molar-refractivity contribution is 7.13. The topological polar surface area (TPSA) is 91.9 Å². The standard InChI is InChI=1S/C24H17N5O3S/c30-22(32-16-29-24(31)19-9-4-5-10-20(19)25-27-29)13-12-17-15-28(18-7-2-1-3-8-18)26-23(17)21-11-6-14-33-21/h1-15H,16H2/b13-12+. The predicted molar refractivity (Wildman–Crippen MR) is 126 cm³/mol. The Labute approximate surface area is 192 Å². The predicted octanol–water partition coefficient (Wildman–Crippen LogP) is 3.92. The molecule has 0 aliphatic carbocycles. The number of esters is 1. The molecule has 2 aromatic carbocycles. The van der Waals surface area contributed by atoms with Crippen molar-refractivity contribution in [2.24, 2.45) is 0 Å². The summed E-state index contributed by atoms with van der Waals surface area (Å²) in [6.45, 7) is -0.332. The van der Waals surface area contributed by atoms with Crippen LogP contribution in [0.5, 0.6) is 0 Å². The van der Waals surface area contributed by atoms with Gasteiger partial charge in [-0.05, 0) is 41.8 Å². The molecule has 0 bridgehead atoms. The zero-order valence-corrected chi connectivity index (χ0v) is 18.1. The van der Waals surface area contributed by atoms with Crippen LogP contribution in [0.15, 0.2) is 89.2 Å². The Morgan fingerprint density at radius 1 is 1.03 bits per heavy atom. The van der Waals surface area contributed by atoms with Crippen molar-refractivity contribution in [2.45, 2.75) is 6.73 Å². The molecule has 5 aromatic rings. The third-order valence-electron chi connectivity index (χ3n) is 4.88. The van der Waals surface area contributed by atoms with Crippen molar-refractivity contribution < 1.29 is 9.53 Å². The molecular formula is C24H17N5O3S. The number of ether oxygens (including phenoxy) is 1. The van der Waals surface area contributed by atoms with Gasteiger partial charge in [-0.15, -0.1) is 16.4 Å². The summed E-state index contributed by atoms with van der Waals surface area (Å²) in [5.74, 6) is -0.610. The highest BCUT2D eigenvalue weighted by Crippen LogP contribution is 2.28. The van der Waals surface area contributed by atoms with Crippen molar-refractivity contribution in [2.75, 3.05) is 0 Å². The summed E-state index contributed by atoms with van der Waals surface area (Å²) >= 11 is 1.56. The van der Waals surface area contributed by atoms with Gasteiger partial charge in [-0.2, -0.15) is 9.78 Å². The average molecular weight is 455 g/mol. The zero-order valence-electron chi connectivity index (χ0n) is 17.2. The minimum atomic E-state index is -0.610. The van der Waals surface area contributed by atoms with Gasteiger partial charge in [0, 0.05) is 17.8 Å². The first-order chi connectivity index (χ1) is 16.2. The summed E-state index contributed by atoms with van der Waals surface area (Å²) in [6.07, 6.45) is 4.81. The van der Waals surface area contributed by atoms with Crippen molar-refractivity contribution in [1.29, 1.82) is 0 Å². The van der Waals surface area contributed by atoms with Crippen LogP contribution >= 0.6 is 11.3 Å². The second-order valence-electron chi connectivity index (χ2n) is 7.03. The molecule has 0 saturated heterocycles.